The first-order chi connectivity index (χ1) is 23.6. The topological polar surface area (TPSA) is 116 Å². The number of ether oxygens (including phenoxy) is 2. The first-order valence-corrected chi connectivity index (χ1v) is 17.1. The highest BCUT2D eigenvalue weighted by atomic mass is 16.6. The second-order valence-electron chi connectivity index (χ2n) is 14.6. The van der Waals surface area contributed by atoms with Crippen molar-refractivity contribution in [1.82, 2.24) is 29.7 Å². The van der Waals surface area contributed by atoms with Crippen molar-refractivity contribution in [3.8, 4) is 34.4 Å². The maximum absolute atomic E-state index is 12.9. The van der Waals surface area contributed by atoms with E-state index in [1.54, 1.807) is 22.2 Å². The van der Waals surface area contributed by atoms with Crippen LogP contribution in [0.4, 0.5) is 9.59 Å². The van der Waals surface area contributed by atoms with Crippen LogP contribution in [0.25, 0.3) is 22.5 Å². The lowest BCUT2D eigenvalue weighted by Crippen LogP contribution is -2.39. The molecular formula is C40H48N6O4. The highest BCUT2D eigenvalue weighted by molar-refractivity contribution is 5.71. The fraction of sp³-hybridized carbons (Fsp3) is 0.400. The summed E-state index contributed by atoms with van der Waals surface area (Å²) >= 11 is 0. The molecule has 5 rings (SSSR count). The predicted molar refractivity (Wildman–Crippen MR) is 195 cm³/mol. The molecule has 1 saturated heterocycles. The molecule has 2 amide bonds. The minimum absolute atomic E-state index is 0.271. The van der Waals surface area contributed by atoms with Crippen LogP contribution in [-0.4, -0.2) is 66.2 Å². The summed E-state index contributed by atoms with van der Waals surface area (Å²) < 4.78 is 11.3. The SMILES string of the molecule is C=C1CCN(C(=O)OC(C)(C)C)[C@@H]1c1ncc(-c2ccc(C#Cc3ccc(-c4cnc([C@H](C)N(CCC)C(=O)OC(C)(C)C)[nH]4)cc3)cc2)[nH]1. The van der Waals surface area contributed by atoms with E-state index in [9.17, 15) is 9.59 Å². The lowest BCUT2D eigenvalue weighted by Gasteiger charge is -2.30. The molecule has 2 atom stereocenters. The van der Waals surface area contributed by atoms with Crippen molar-refractivity contribution in [2.24, 2.45) is 0 Å². The van der Waals surface area contributed by atoms with Gasteiger partial charge in [0.15, 0.2) is 0 Å². The molecule has 0 spiro atoms. The number of amides is 2. The molecule has 3 heterocycles. The summed E-state index contributed by atoms with van der Waals surface area (Å²) in [6.45, 7) is 20.5. The molecule has 1 aliphatic rings. The Labute approximate surface area is 295 Å². The molecule has 0 bridgehead atoms. The Kier molecular flexibility index (Phi) is 10.6. The van der Waals surface area contributed by atoms with Gasteiger partial charge in [-0.05, 0) is 102 Å². The maximum atomic E-state index is 12.9. The number of carbonyl (C=O) groups excluding carboxylic acids is 2. The molecular weight excluding hydrogens is 628 g/mol. The summed E-state index contributed by atoms with van der Waals surface area (Å²) in [4.78, 5) is 45.1. The smallest absolute Gasteiger partial charge is 0.411 e. The monoisotopic (exact) mass is 676 g/mol. The second-order valence-corrected chi connectivity index (χ2v) is 14.6. The molecule has 2 aromatic carbocycles. The van der Waals surface area contributed by atoms with E-state index >= 15 is 0 Å². The van der Waals surface area contributed by atoms with Crippen LogP contribution in [0.1, 0.15) is 103 Å². The minimum atomic E-state index is -0.582. The minimum Gasteiger partial charge on any atom is -0.444 e. The van der Waals surface area contributed by atoms with E-state index in [0.29, 0.717) is 31.2 Å². The number of benzene rings is 2. The molecule has 2 aromatic heterocycles. The lowest BCUT2D eigenvalue weighted by atomic mass is 10.1. The van der Waals surface area contributed by atoms with Crippen molar-refractivity contribution in [3.05, 3.63) is 95.9 Å². The number of rotatable bonds is 7. The third-order valence-electron chi connectivity index (χ3n) is 8.15. The summed E-state index contributed by atoms with van der Waals surface area (Å²) in [5, 5.41) is 0. The van der Waals surface area contributed by atoms with E-state index in [2.05, 4.69) is 38.4 Å². The van der Waals surface area contributed by atoms with Gasteiger partial charge in [-0.15, -0.1) is 0 Å². The Morgan fingerprint density at radius 1 is 0.900 bits per heavy atom. The van der Waals surface area contributed by atoms with Gasteiger partial charge in [0.25, 0.3) is 0 Å². The Morgan fingerprint density at radius 3 is 1.98 bits per heavy atom. The standard InChI is InChI=1S/C40H48N6O4/c1-10-22-45(37(47)49-39(4,5)6)27(3)35-41-24-32(43-35)30-17-13-28(14-18-30)11-12-29-15-19-31(20-16-29)33-25-42-36(44-33)34-26(2)21-23-46(34)38(48)50-40(7,8)9/h13-20,24-25,27,34H,2,10,21-23H2,1,3-9H3,(H,41,43)(H,42,44)/t27-,34-/m0/s1. The van der Waals surface area contributed by atoms with Gasteiger partial charge in [0.1, 0.15) is 28.9 Å². The van der Waals surface area contributed by atoms with Gasteiger partial charge in [0.05, 0.1) is 29.8 Å². The zero-order valence-electron chi connectivity index (χ0n) is 30.4. The first-order valence-electron chi connectivity index (χ1n) is 17.1. The van der Waals surface area contributed by atoms with Crippen molar-refractivity contribution in [3.63, 3.8) is 0 Å². The number of imidazole rings is 2. The van der Waals surface area contributed by atoms with Crippen LogP contribution < -0.4 is 0 Å². The van der Waals surface area contributed by atoms with Crippen LogP contribution in [0.15, 0.2) is 73.1 Å². The Balaban J connectivity index is 1.23. The van der Waals surface area contributed by atoms with Gasteiger partial charge in [-0.2, -0.15) is 0 Å². The van der Waals surface area contributed by atoms with Gasteiger partial charge in [0, 0.05) is 24.2 Å². The first kappa shape index (κ1) is 36.0. The molecule has 50 heavy (non-hydrogen) atoms. The molecule has 0 unspecified atom stereocenters. The fourth-order valence-electron chi connectivity index (χ4n) is 5.69. The molecule has 0 saturated carbocycles. The van der Waals surface area contributed by atoms with Gasteiger partial charge in [-0.3, -0.25) is 9.80 Å². The number of nitrogens with zero attached hydrogens (tertiary/aromatic N) is 4. The number of hydrogen-bond acceptors (Lipinski definition) is 6. The maximum Gasteiger partial charge on any atom is 0.411 e. The lowest BCUT2D eigenvalue weighted by molar-refractivity contribution is 0.0165. The molecule has 0 radical (unpaired) electrons. The number of hydrogen-bond donors (Lipinski definition) is 2. The van der Waals surface area contributed by atoms with Gasteiger partial charge < -0.3 is 19.4 Å². The normalized spacial score (nSPS) is 15.3. The third-order valence-corrected chi connectivity index (χ3v) is 8.15. The highest BCUT2D eigenvalue weighted by Gasteiger charge is 2.37. The van der Waals surface area contributed by atoms with Crippen LogP contribution in [0.3, 0.4) is 0 Å². The number of H-pyrrole nitrogens is 2. The second kappa shape index (κ2) is 14.7. The Hall–Kier alpha value is -5.30. The molecule has 1 fully saturated rings. The molecule has 10 heteroatoms. The van der Waals surface area contributed by atoms with E-state index in [1.165, 1.54) is 0 Å². The summed E-state index contributed by atoms with van der Waals surface area (Å²) in [5.41, 5.74) is 5.17. The fourth-order valence-corrected chi connectivity index (χ4v) is 5.69. The van der Waals surface area contributed by atoms with Crippen LogP contribution in [0.5, 0.6) is 0 Å². The molecule has 0 aliphatic carbocycles. The quantitative estimate of drug-likeness (QED) is 0.149. The van der Waals surface area contributed by atoms with Gasteiger partial charge in [0.2, 0.25) is 0 Å². The average molecular weight is 677 g/mol. The molecule has 262 valence electrons. The van der Waals surface area contributed by atoms with Gasteiger partial charge in [-0.25, -0.2) is 19.6 Å². The van der Waals surface area contributed by atoms with Gasteiger partial charge in [-0.1, -0.05) is 49.6 Å². The van der Waals surface area contributed by atoms with Crippen molar-refractivity contribution >= 4 is 12.2 Å². The van der Waals surface area contributed by atoms with E-state index in [4.69, 9.17) is 9.47 Å². The molecule has 1 aliphatic heterocycles. The third kappa shape index (κ3) is 8.83. The van der Waals surface area contributed by atoms with Crippen LogP contribution in [0.2, 0.25) is 0 Å². The van der Waals surface area contributed by atoms with Gasteiger partial charge >= 0.3 is 12.2 Å². The zero-order valence-corrected chi connectivity index (χ0v) is 30.4. The van der Waals surface area contributed by atoms with E-state index in [0.717, 1.165) is 45.6 Å². The number of carbonyl (C=O) groups is 2. The summed E-state index contributed by atoms with van der Waals surface area (Å²) in [5.74, 6) is 7.86. The zero-order chi connectivity index (χ0) is 36.2. The summed E-state index contributed by atoms with van der Waals surface area (Å²) in [7, 11) is 0. The van der Waals surface area contributed by atoms with Crippen molar-refractivity contribution < 1.29 is 19.1 Å². The van der Waals surface area contributed by atoms with E-state index in [-0.39, 0.29) is 24.3 Å². The number of likely N-dealkylation sites (tertiary alicyclic amines) is 1. The predicted octanol–water partition coefficient (Wildman–Crippen LogP) is 8.81. The summed E-state index contributed by atoms with van der Waals surface area (Å²) in [6, 6.07) is 15.3. The van der Waals surface area contributed by atoms with Crippen molar-refractivity contribution in [2.45, 2.75) is 91.5 Å². The van der Waals surface area contributed by atoms with E-state index < -0.39 is 11.2 Å². The molecule has 4 aromatic rings. The van der Waals surface area contributed by atoms with Crippen LogP contribution in [-0.2, 0) is 9.47 Å². The van der Waals surface area contributed by atoms with E-state index in [1.807, 2.05) is 104 Å². The Bertz CT molecular complexity index is 1880. The number of aromatic nitrogens is 4. The van der Waals surface area contributed by atoms with Crippen LogP contribution >= 0.6 is 0 Å². The summed E-state index contributed by atoms with van der Waals surface area (Å²) in [6.07, 6.45) is 4.36. The average Bonchev–Trinajstić information content (AvgIpc) is 3.81. The largest absolute Gasteiger partial charge is 0.444 e. The molecule has 10 nitrogen and oxygen atoms in total. The number of nitrogens with one attached hydrogen (secondary N) is 2. The van der Waals surface area contributed by atoms with Crippen molar-refractivity contribution in [2.75, 3.05) is 13.1 Å². The molecule has 2 N–H and O–H groups in total. The Morgan fingerprint density at radius 2 is 1.44 bits per heavy atom. The van der Waals surface area contributed by atoms with Crippen molar-refractivity contribution in [1.29, 1.82) is 0 Å². The van der Waals surface area contributed by atoms with Crippen LogP contribution in [0, 0.1) is 11.8 Å². The number of aromatic amines is 2. The highest BCUT2D eigenvalue weighted by Crippen LogP contribution is 2.36.